The van der Waals surface area contributed by atoms with Crippen molar-refractivity contribution in [2.75, 3.05) is 17.1 Å². The van der Waals surface area contributed by atoms with Gasteiger partial charge in [0.2, 0.25) is 10.0 Å². The molecule has 1 aromatic rings. The number of benzene rings is 1. The Morgan fingerprint density at radius 2 is 1.95 bits per heavy atom. The van der Waals surface area contributed by atoms with Gasteiger partial charge in [0.05, 0.1) is 11.4 Å². The Balaban J connectivity index is 2.85. The third-order valence-electron chi connectivity index (χ3n) is 2.90. The number of nitrogens with zero attached hydrogens (tertiary/aromatic N) is 1. The van der Waals surface area contributed by atoms with Crippen LogP contribution in [-0.4, -0.2) is 32.3 Å². The number of aliphatic carboxylic acids is 1. The van der Waals surface area contributed by atoms with Gasteiger partial charge in [-0.3, -0.25) is 9.10 Å². The molecule has 5 nitrogen and oxygen atoms in total. The SMILES string of the molecule is Cc1ccc(N(C)S(=O)(=O)CCCC(=O)O)c(C)c1. The van der Waals surface area contributed by atoms with E-state index in [1.165, 1.54) is 11.4 Å². The molecule has 1 N–H and O–H groups in total. The van der Waals surface area contributed by atoms with E-state index in [1.807, 2.05) is 26.0 Å². The van der Waals surface area contributed by atoms with Crippen LogP contribution >= 0.6 is 0 Å². The average molecular weight is 285 g/mol. The Kier molecular flexibility index (Phi) is 4.94. The number of hydrogen-bond acceptors (Lipinski definition) is 3. The molecule has 0 radical (unpaired) electrons. The lowest BCUT2D eigenvalue weighted by atomic mass is 10.1. The Labute approximate surface area is 113 Å². The van der Waals surface area contributed by atoms with Crippen LogP contribution in [0.1, 0.15) is 24.0 Å². The predicted molar refractivity (Wildman–Crippen MR) is 75.0 cm³/mol. The van der Waals surface area contributed by atoms with Gasteiger partial charge in [0.15, 0.2) is 0 Å². The van der Waals surface area contributed by atoms with Crippen molar-refractivity contribution < 1.29 is 18.3 Å². The summed E-state index contributed by atoms with van der Waals surface area (Å²) in [6.45, 7) is 3.80. The van der Waals surface area contributed by atoms with Gasteiger partial charge in [0, 0.05) is 13.5 Å². The van der Waals surface area contributed by atoms with Crippen molar-refractivity contribution in [3.8, 4) is 0 Å². The molecule has 0 atom stereocenters. The van der Waals surface area contributed by atoms with Crippen molar-refractivity contribution in [3.63, 3.8) is 0 Å². The number of carboxylic acid groups (broad SMARTS) is 1. The van der Waals surface area contributed by atoms with Gasteiger partial charge in [-0.2, -0.15) is 0 Å². The highest BCUT2D eigenvalue weighted by molar-refractivity contribution is 7.92. The smallest absolute Gasteiger partial charge is 0.303 e. The number of carbonyl (C=O) groups is 1. The molecule has 0 amide bonds. The second kappa shape index (κ2) is 6.06. The average Bonchev–Trinajstić information content (AvgIpc) is 2.27. The maximum atomic E-state index is 12.1. The summed E-state index contributed by atoms with van der Waals surface area (Å²) in [6, 6.07) is 5.53. The van der Waals surface area contributed by atoms with Crippen molar-refractivity contribution in [2.24, 2.45) is 0 Å². The standard InChI is InChI=1S/C13H19NO4S/c1-10-6-7-12(11(2)9-10)14(3)19(17,18)8-4-5-13(15)16/h6-7,9H,4-5,8H2,1-3H3,(H,15,16). The summed E-state index contributed by atoms with van der Waals surface area (Å²) in [5.74, 6) is -1.15. The molecular weight excluding hydrogens is 266 g/mol. The minimum atomic E-state index is -3.47. The van der Waals surface area contributed by atoms with E-state index in [9.17, 15) is 13.2 Å². The topological polar surface area (TPSA) is 74.7 Å². The van der Waals surface area contributed by atoms with Crippen molar-refractivity contribution in [1.82, 2.24) is 0 Å². The highest BCUT2D eigenvalue weighted by Crippen LogP contribution is 2.22. The zero-order valence-corrected chi connectivity index (χ0v) is 12.2. The number of rotatable bonds is 6. The van der Waals surface area contributed by atoms with Crippen LogP contribution in [0.4, 0.5) is 5.69 Å². The van der Waals surface area contributed by atoms with Gasteiger partial charge >= 0.3 is 5.97 Å². The van der Waals surface area contributed by atoms with Crippen LogP contribution in [0.2, 0.25) is 0 Å². The fourth-order valence-electron chi connectivity index (χ4n) is 1.85. The second-order valence-corrected chi connectivity index (χ2v) is 6.69. The predicted octanol–water partition coefficient (Wildman–Crippen LogP) is 1.93. The maximum Gasteiger partial charge on any atom is 0.303 e. The number of anilines is 1. The third kappa shape index (κ3) is 4.24. The first-order chi connectivity index (χ1) is 8.74. The molecule has 0 aliphatic heterocycles. The first-order valence-electron chi connectivity index (χ1n) is 5.99. The van der Waals surface area contributed by atoms with E-state index in [1.54, 1.807) is 6.07 Å². The van der Waals surface area contributed by atoms with Crippen LogP contribution in [0.25, 0.3) is 0 Å². The summed E-state index contributed by atoms with van der Waals surface area (Å²) >= 11 is 0. The molecule has 19 heavy (non-hydrogen) atoms. The Morgan fingerprint density at radius 1 is 1.32 bits per heavy atom. The molecular formula is C13H19NO4S. The van der Waals surface area contributed by atoms with Gasteiger partial charge in [-0.15, -0.1) is 0 Å². The van der Waals surface area contributed by atoms with E-state index in [4.69, 9.17) is 5.11 Å². The lowest BCUT2D eigenvalue weighted by Gasteiger charge is -2.21. The van der Waals surface area contributed by atoms with Gasteiger partial charge in [0.1, 0.15) is 0 Å². The third-order valence-corrected chi connectivity index (χ3v) is 4.74. The Morgan fingerprint density at radius 3 is 2.47 bits per heavy atom. The van der Waals surface area contributed by atoms with E-state index in [0.717, 1.165) is 11.1 Å². The molecule has 0 aliphatic carbocycles. The highest BCUT2D eigenvalue weighted by Gasteiger charge is 2.19. The van der Waals surface area contributed by atoms with Crippen LogP contribution < -0.4 is 4.31 Å². The molecule has 0 saturated heterocycles. The lowest BCUT2D eigenvalue weighted by molar-refractivity contribution is -0.137. The van der Waals surface area contributed by atoms with Gasteiger partial charge in [-0.1, -0.05) is 17.7 Å². The summed E-state index contributed by atoms with van der Waals surface area (Å²) in [7, 11) is -1.98. The van der Waals surface area contributed by atoms with Crippen LogP contribution in [0, 0.1) is 13.8 Å². The number of aryl methyl sites for hydroxylation is 2. The summed E-state index contributed by atoms with van der Waals surface area (Å²) in [4.78, 5) is 10.4. The number of hydrogen-bond donors (Lipinski definition) is 1. The minimum absolute atomic E-state index is 0.118. The van der Waals surface area contributed by atoms with Gasteiger partial charge in [-0.05, 0) is 31.9 Å². The first-order valence-corrected chi connectivity index (χ1v) is 7.60. The molecule has 0 bridgehead atoms. The molecule has 106 valence electrons. The first kappa shape index (κ1) is 15.5. The van der Waals surface area contributed by atoms with Crippen LogP contribution in [0.5, 0.6) is 0 Å². The van der Waals surface area contributed by atoms with Gasteiger partial charge < -0.3 is 5.11 Å². The Hall–Kier alpha value is -1.56. The van der Waals surface area contributed by atoms with Gasteiger partial charge in [-0.25, -0.2) is 8.42 Å². The zero-order valence-electron chi connectivity index (χ0n) is 11.4. The fourth-order valence-corrected chi connectivity index (χ4v) is 3.14. The Bertz CT molecular complexity index is 566. The molecule has 0 aromatic heterocycles. The van der Waals surface area contributed by atoms with Crippen molar-refractivity contribution in [1.29, 1.82) is 0 Å². The molecule has 0 heterocycles. The molecule has 0 unspecified atom stereocenters. The fraction of sp³-hybridized carbons (Fsp3) is 0.462. The summed E-state index contributed by atoms with van der Waals surface area (Å²) in [5, 5.41) is 8.53. The molecule has 6 heteroatoms. The van der Waals surface area contributed by atoms with Crippen molar-refractivity contribution >= 4 is 21.7 Å². The molecule has 0 spiro atoms. The largest absolute Gasteiger partial charge is 0.481 e. The second-order valence-electron chi connectivity index (χ2n) is 4.57. The van der Waals surface area contributed by atoms with Crippen molar-refractivity contribution in [2.45, 2.75) is 26.7 Å². The van der Waals surface area contributed by atoms with E-state index >= 15 is 0 Å². The zero-order chi connectivity index (χ0) is 14.6. The quantitative estimate of drug-likeness (QED) is 0.866. The normalized spacial score (nSPS) is 11.3. The summed E-state index contributed by atoms with van der Waals surface area (Å²) < 4.78 is 25.4. The minimum Gasteiger partial charge on any atom is -0.481 e. The highest BCUT2D eigenvalue weighted by atomic mass is 32.2. The molecule has 0 fully saturated rings. The van der Waals surface area contributed by atoms with Gasteiger partial charge in [0.25, 0.3) is 0 Å². The van der Waals surface area contributed by atoms with E-state index in [-0.39, 0.29) is 18.6 Å². The molecule has 0 saturated carbocycles. The maximum absolute atomic E-state index is 12.1. The number of sulfonamides is 1. The van der Waals surface area contributed by atoms with Crippen LogP contribution in [0.15, 0.2) is 18.2 Å². The molecule has 1 aromatic carbocycles. The monoisotopic (exact) mass is 285 g/mol. The number of carboxylic acids is 1. The van der Waals surface area contributed by atoms with E-state index in [0.29, 0.717) is 5.69 Å². The van der Waals surface area contributed by atoms with E-state index < -0.39 is 16.0 Å². The van der Waals surface area contributed by atoms with E-state index in [2.05, 4.69) is 0 Å². The summed E-state index contributed by atoms with van der Waals surface area (Å²) in [5.41, 5.74) is 2.57. The molecule has 0 aliphatic rings. The van der Waals surface area contributed by atoms with Crippen LogP contribution in [-0.2, 0) is 14.8 Å². The van der Waals surface area contributed by atoms with Crippen molar-refractivity contribution in [3.05, 3.63) is 29.3 Å². The lowest BCUT2D eigenvalue weighted by Crippen LogP contribution is -2.29. The van der Waals surface area contributed by atoms with Crippen LogP contribution in [0.3, 0.4) is 0 Å². The molecule has 1 rings (SSSR count). The summed E-state index contributed by atoms with van der Waals surface area (Å²) in [6.07, 6.45) is -0.0210.